The van der Waals surface area contributed by atoms with E-state index in [4.69, 9.17) is 9.84 Å². The van der Waals surface area contributed by atoms with E-state index >= 15 is 0 Å². The number of carboxylic acid groups (broad SMARTS) is 1. The summed E-state index contributed by atoms with van der Waals surface area (Å²) in [7, 11) is -2.05. The largest absolute Gasteiger partial charge is 0.476 e. The average molecular weight is 515 g/mol. The van der Waals surface area contributed by atoms with Gasteiger partial charge in [0, 0.05) is 31.5 Å². The molecule has 0 spiro atoms. The van der Waals surface area contributed by atoms with Crippen LogP contribution < -0.4 is 13.3 Å². The summed E-state index contributed by atoms with van der Waals surface area (Å²) in [4.78, 5) is 18.6. The van der Waals surface area contributed by atoms with Gasteiger partial charge < -0.3 is 9.84 Å². The monoisotopic (exact) mass is 515 g/mol. The molecule has 5 rings (SSSR count). The van der Waals surface area contributed by atoms with Gasteiger partial charge in [0.05, 0.1) is 35.4 Å². The number of ether oxygens (including phenoxy) is 1. The molecule has 0 amide bonds. The number of carbonyl (C=O) groups is 1. The van der Waals surface area contributed by atoms with Crippen LogP contribution in [0.1, 0.15) is 22.5 Å². The molecular formula is C23H19F2N5O5S. The van der Waals surface area contributed by atoms with Gasteiger partial charge in [-0.15, -0.1) is 0 Å². The Kier molecular flexibility index (Phi) is 5.47. The Bertz CT molecular complexity index is 1410. The Morgan fingerprint density at radius 2 is 1.97 bits per heavy atom. The molecule has 10 nitrogen and oxygen atoms in total. The number of aromatic nitrogens is 2. The lowest BCUT2D eigenvalue weighted by atomic mass is 9.99. The summed E-state index contributed by atoms with van der Waals surface area (Å²) in [6.45, 7) is -0.194. The molecule has 3 N–H and O–H groups in total. The Labute approximate surface area is 205 Å². The fourth-order valence-electron chi connectivity index (χ4n) is 3.96. The molecule has 186 valence electrons. The minimum Gasteiger partial charge on any atom is -0.476 e. The van der Waals surface area contributed by atoms with Crippen LogP contribution in [0.25, 0.3) is 11.1 Å². The minimum atomic E-state index is -3.52. The van der Waals surface area contributed by atoms with Crippen LogP contribution in [0.2, 0.25) is 0 Å². The minimum absolute atomic E-state index is 0.0470. The van der Waals surface area contributed by atoms with Crippen molar-refractivity contribution in [2.75, 3.05) is 22.2 Å². The molecule has 1 atom stereocenters. The van der Waals surface area contributed by atoms with Gasteiger partial charge in [0.15, 0.2) is 5.69 Å². The molecule has 0 saturated heterocycles. The summed E-state index contributed by atoms with van der Waals surface area (Å²) in [6, 6.07) is 11.7. The summed E-state index contributed by atoms with van der Waals surface area (Å²) < 4.78 is 56.6. The number of hydrogen-bond donors (Lipinski definition) is 3. The van der Waals surface area contributed by atoms with E-state index in [9.17, 15) is 27.9 Å². The normalized spacial score (nSPS) is 19.8. The van der Waals surface area contributed by atoms with Crippen molar-refractivity contribution in [3.8, 4) is 28.8 Å². The molecule has 2 aromatic carbocycles. The third-order valence-corrected chi connectivity index (χ3v) is 7.95. The highest BCUT2D eigenvalue weighted by Gasteiger charge is 2.59. The van der Waals surface area contributed by atoms with Crippen LogP contribution in [0.4, 0.5) is 20.2 Å². The first-order valence-corrected chi connectivity index (χ1v) is 12.1. The number of alkyl halides is 2. The molecule has 0 bridgehead atoms. The Hall–Kier alpha value is -3.99. The summed E-state index contributed by atoms with van der Waals surface area (Å²) in [5, 5.41) is 18.6. The van der Waals surface area contributed by atoms with E-state index in [2.05, 4.69) is 16.0 Å². The van der Waals surface area contributed by atoms with E-state index in [1.165, 1.54) is 21.7 Å². The van der Waals surface area contributed by atoms with Crippen molar-refractivity contribution < 1.29 is 32.5 Å². The van der Waals surface area contributed by atoms with Gasteiger partial charge in [0.1, 0.15) is 5.75 Å². The topological polar surface area (TPSA) is 143 Å². The zero-order valence-corrected chi connectivity index (χ0v) is 19.5. The lowest BCUT2D eigenvalue weighted by molar-refractivity contribution is 0.0689. The molecule has 13 heteroatoms. The van der Waals surface area contributed by atoms with Crippen molar-refractivity contribution in [3.63, 3.8) is 0 Å². The first-order chi connectivity index (χ1) is 17.0. The number of anilines is 2. The Morgan fingerprint density at radius 3 is 2.58 bits per heavy atom. The van der Waals surface area contributed by atoms with Crippen LogP contribution in [0.3, 0.4) is 0 Å². The van der Waals surface area contributed by atoms with Gasteiger partial charge in [0.25, 0.3) is 5.92 Å². The number of halogens is 2. The maximum atomic E-state index is 13.5. The second-order valence-corrected chi connectivity index (χ2v) is 10.3. The van der Waals surface area contributed by atoms with Gasteiger partial charge in [-0.1, -0.05) is 6.07 Å². The van der Waals surface area contributed by atoms with Crippen LogP contribution in [-0.2, 0) is 0 Å². The number of hydrogen-bond acceptors (Lipinski definition) is 9. The molecule has 3 aromatic rings. The standard InChI is InChI=1S/C23H19F2N5O5S/c1-29-20-6-13(3-5-19(20)30(36(29,33)34)12-15-8-23(15,24)25)17-7-16(4-2-14(17)9-26)35-21-11-27-18(10-28-21)22(31)32/h2-7,10-11,15,33-34H,8,12H2,1H3,(H,31,32). The molecule has 2 aliphatic rings. The summed E-state index contributed by atoms with van der Waals surface area (Å²) in [6.07, 6.45) is 1.92. The highest BCUT2D eigenvalue weighted by Crippen LogP contribution is 2.63. The second kappa shape index (κ2) is 8.30. The molecule has 1 fully saturated rings. The first-order valence-electron chi connectivity index (χ1n) is 10.6. The van der Waals surface area contributed by atoms with E-state index in [1.54, 1.807) is 30.3 Å². The second-order valence-electron chi connectivity index (χ2n) is 8.38. The van der Waals surface area contributed by atoms with Crippen LogP contribution in [0.15, 0.2) is 48.8 Å². The van der Waals surface area contributed by atoms with E-state index in [-0.39, 0.29) is 24.5 Å². The molecule has 1 aliphatic heterocycles. The molecule has 1 aromatic heterocycles. The first kappa shape index (κ1) is 23.7. The van der Waals surface area contributed by atoms with Crippen molar-refractivity contribution in [1.82, 2.24) is 9.97 Å². The number of benzene rings is 2. The van der Waals surface area contributed by atoms with Gasteiger partial charge in [-0.25, -0.2) is 23.5 Å². The number of fused-ring (bicyclic) bond motifs is 1. The van der Waals surface area contributed by atoms with Gasteiger partial charge in [-0.2, -0.15) is 5.26 Å². The van der Waals surface area contributed by atoms with Crippen LogP contribution in [-0.4, -0.2) is 49.7 Å². The smallest absolute Gasteiger partial charge is 0.356 e. The zero-order chi connectivity index (χ0) is 25.8. The molecule has 1 aliphatic carbocycles. The number of nitriles is 1. The molecular weight excluding hydrogens is 496 g/mol. The molecule has 1 saturated carbocycles. The fourth-order valence-corrected chi connectivity index (χ4v) is 5.46. The van der Waals surface area contributed by atoms with E-state index in [0.717, 1.165) is 12.4 Å². The Morgan fingerprint density at radius 1 is 1.22 bits per heavy atom. The van der Waals surface area contributed by atoms with Crippen molar-refractivity contribution >= 4 is 28.3 Å². The van der Waals surface area contributed by atoms with Crippen molar-refractivity contribution in [2.24, 2.45) is 5.92 Å². The van der Waals surface area contributed by atoms with Crippen molar-refractivity contribution in [2.45, 2.75) is 12.3 Å². The van der Waals surface area contributed by atoms with Gasteiger partial charge in [-0.3, -0.25) is 17.7 Å². The van der Waals surface area contributed by atoms with E-state index < -0.39 is 28.8 Å². The van der Waals surface area contributed by atoms with Crippen molar-refractivity contribution in [1.29, 1.82) is 5.26 Å². The third kappa shape index (κ3) is 4.05. The Balaban J connectivity index is 1.47. The average Bonchev–Trinajstić information content (AvgIpc) is 3.41. The third-order valence-electron chi connectivity index (χ3n) is 6.08. The summed E-state index contributed by atoms with van der Waals surface area (Å²) in [5.74, 6) is -4.63. The molecule has 0 radical (unpaired) electrons. The molecule has 2 heterocycles. The highest BCUT2D eigenvalue weighted by molar-refractivity contribution is 8.26. The number of rotatable bonds is 6. The maximum Gasteiger partial charge on any atom is 0.356 e. The quantitative estimate of drug-likeness (QED) is 0.410. The predicted octanol–water partition coefficient (Wildman–Crippen LogP) is 5.00. The van der Waals surface area contributed by atoms with Crippen molar-refractivity contribution in [3.05, 3.63) is 60.0 Å². The van der Waals surface area contributed by atoms with E-state index in [0.29, 0.717) is 33.8 Å². The van der Waals surface area contributed by atoms with E-state index in [1.807, 2.05) is 0 Å². The van der Waals surface area contributed by atoms with Gasteiger partial charge in [-0.05, 0) is 46.9 Å². The highest BCUT2D eigenvalue weighted by atomic mass is 32.3. The lowest BCUT2D eigenvalue weighted by Gasteiger charge is -2.42. The van der Waals surface area contributed by atoms with Gasteiger partial charge >= 0.3 is 5.97 Å². The number of aromatic carboxylic acids is 1. The number of carboxylic acids is 1. The lowest BCUT2D eigenvalue weighted by Crippen LogP contribution is -2.33. The summed E-state index contributed by atoms with van der Waals surface area (Å²) >= 11 is 0. The number of nitrogens with zero attached hydrogens (tertiary/aromatic N) is 5. The molecule has 36 heavy (non-hydrogen) atoms. The van der Waals surface area contributed by atoms with Crippen LogP contribution in [0.5, 0.6) is 11.6 Å². The van der Waals surface area contributed by atoms with Crippen LogP contribution >= 0.6 is 11.0 Å². The SMILES string of the molecule is CN1c2cc(-c3cc(Oc4cnc(C(=O)O)cn4)ccc3C#N)ccc2N(CC2CC2(F)F)S1(O)O. The predicted molar refractivity (Wildman–Crippen MR) is 127 cm³/mol. The van der Waals surface area contributed by atoms with Crippen LogP contribution in [0, 0.1) is 17.2 Å². The zero-order valence-electron chi connectivity index (χ0n) is 18.7. The fraction of sp³-hybridized carbons (Fsp3) is 0.217. The maximum absolute atomic E-state index is 13.5. The summed E-state index contributed by atoms with van der Waals surface area (Å²) in [5.41, 5.74) is 1.94. The van der Waals surface area contributed by atoms with Gasteiger partial charge in [0.2, 0.25) is 5.88 Å². The molecule has 1 unspecified atom stereocenters.